The van der Waals surface area contributed by atoms with Crippen LogP contribution in [-0.2, 0) is 19.6 Å². The van der Waals surface area contributed by atoms with Crippen LogP contribution in [0.15, 0.2) is 48.5 Å². The predicted octanol–water partition coefficient (Wildman–Crippen LogP) is 3.28. The van der Waals surface area contributed by atoms with Crippen LogP contribution in [-0.4, -0.2) is 43.2 Å². The van der Waals surface area contributed by atoms with E-state index in [1.807, 2.05) is 22.9 Å². The Morgan fingerprint density at radius 2 is 1.90 bits per heavy atom. The van der Waals surface area contributed by atoms with Gasteiger partial charge >= 0.3 is 0 Å². The number of benzene rings is 2. The van der Waals surface area contributed by atoms with E-state index in [9.17, 15) is 0 Å². The van der Waals surface area contributed by atoms with Crippen LogP contribution >= 0.6 is 0 Å². The monoisotopic (exact) mass is 400 g/mol. The number of nitrogens with zero attached hydrogens (tertiary/aromatic N) is 6. The van der Waals surface area contributed by atoms with Crippen LogP contribution in [0, 0.1) is 13.8 Å². The molecule has 0 aliphatic carbocycles. The molecule has 152 valence electrons. The Hall–Kier alpha value is -3.32. The molecule has 0 radical (unpaired) electrons. The second-order valence-corrected chi connectivity index (χ2v) is 7.90. The standard InChI is InChI=1S/C23H24N6O/c1-16-10-17(2)22-19(11-16)12-20-14-28(8-9-30-23(20)24-22)15-21-25-26-27-29(21)13-18-6-4-3-5-7-18/h3-7,10-12H,8-9,13-15H2,1-2H3. The number of aryl methyl sites for hydroxylation is 2. The molecule has 2 aromatic carbocycles. The van der Waals surface area contributed by atoms with E-state index in [2.05, 4.69) is 64.6 Å². The zero-order chi connectivity index (χ0) is 20.5. The molecule has 3 heterocycles. The van der Waals surface area contributed by atoms with Crippen LogP contribution in [0.5, 0.6) is 5.88 Å². The van der Waals surface area contributed by atoms with Crippen LogP contribution in [0.25, 0.3) is 10.9 Å². The zero-order valence-electron chi connectivity index (χ0n) is 17.2. The molecule has 0 N–H and O–H groups in total. The van der Waals surface area contributed by atoms with Gasteiger partial charge in [0.1, 0.15) is 6.61 Å². The number of aromatic nitrogens is 5. The number of rotatable bonds is 4. The van der Waals surface area contributed by atoms with Gasteiger partial charge in [-0.05, 0) is 47.5 Å². The summed E-state index contributed by atoms with van der Waals surface area (Å²) >= 11 is 0. The predicted molar refractivity (Wildman–Crippen MR) is 114 cm³/mol. The Bertz CT molecular complexity index is 1190. The van der Waals surface area contributed by atoms with Crippen molar-refractivity contribution in [1.82, 2.24) is 30.1 Å². The first-order valence-electron chi connectivity index (χ1n) is 10.2. The van der Waals surface area contributed by atoms with Gasteiger partial charge in [0.2, 0.25) is 5.88 Å². The molecule has 0 atom stereocenters. The molecule has 0 saturated heterocycles. The maximum atomic E-state index is 6.01. The maximum absolute atomic E-state index is 6.01. The van der Waals surface area contributed by atoms with Gasteiger partial charge in [0, 0.05) is 24.0 Å². The average Bonchev–Trinajstić information content (AvgIpc) is 3.05. The van der Waals surface area contributed by atoms with E-state index < -0.39 is 0 Å². The molecule has 7 nitrogen and oxygen atoms in total. The molecule has 5 rings (SSSR count). The maximum Gasteiger partial charge on any atom is 0.218 e. The molecule has 30 heavy (non-hydrogen) atoms. The van der Waals surface area contributed by atoms with E-state index in [0.717, 1.165) is 41.3 Å². The normalized spacial score (nSPS) is 14.3. The summed E-state index contributed by atoms with van der Waals surface area (Å²) in [7, 11) is 0. The van der Waals surface area contributed by atoms with Crippen LogP contribution in [0.4, 0.5) is 0 Å². The Morgan fingerprint density at radius 1 is 1.03 bits per heavy atom. The second kappa shape index (κ2) is 7.84. The largest absolute Gasteiger partial charge is 0.476 e. The lowest BCUT2D eigenvalue weighted by Gasteiger charge is -2.18. The molecule has 0 spiro atoms. The first-order valence-corrected chi connectivity index (χ1v) is 10.2. The van der Waals surface area contributed by atoms with Gasteiger partial charge in [0.05, 0.1) is 18.6 Å². The van der Waals surface area contributed by atoms with Gasteiger partial charge in [-0.1, -0.05) is 42.0 Å². The van der Waals surface area contributed by atoms with Crippen LogP contribution in [0.3, 0.4) is 0 Å². The number of pyridine rings is 1. The molecule has 0 amide bonds. The fraction of sp³-hybridized carbons (Fsp3) is 0.304. The van der Waals surface area contributed by atoms with Crippen LogP contribution in [0.2, 0.25) is 0 Å². The minimum Gasteiger partial charge on any atom is -0.476 e. The molecule has 0 saturated carbocycles. The van der Waals surface area contributed by atoms with Crippen molar-refractivity contribution in [3.63, 3.8) is 0 Å². The summed E-state index contributed by atoms with van der Waals surface area (Å²) in [6, 6.07) is 16.8. The summed E-state index contributed by atoms with van der Waals surface area (Å²) in [4.78, 5) is 7.14. The number of hydrogen-bond acceptors (Lipinski definition) is 6. The van der Waals surface area contributed by atoms with Gasteiger partial charge in [-0.2, -0.15) is 0 Å². The summed E-state index contributed by atoms with van der Waals surface area (Å²) in [5.41, 5.74) is 5.72. The van der Waals surface area contributed by atoms with Gasteiger partial charge in [-0.3, -0.25) is 4.90 Å². The summed E-state index contributed by atoms with van der Waals surface area (Å²) in [6.45, 7) is 7.68. The molecule has 0 bridgehead atoms. The van der Waals surface area contributed by atoms with Gasteiger partial charge in [0.15, 0.2) is 5.82 Å². The van der Waals surface area contributed by atoms with Crippen molar-refractivity contribution in [2.24, 2.45) is 0 Å². The molecule has 0 unspecified atom stereocenters. The van der Waals surface area contributed by atoms with E-state index >= 15 is 0 Å². The van der Waals surface area contributed by atoms with Crippen molar-refractivity contribution in [1.29, 1.82) is 0 Å². The lowest BCUT2D eigenvalue weighted by molar-refractivity contribution is 0.211. The van der Waals surface area contributed by atoms with Gasteiger partial charge < -0.3 is 4.74 Å². The zero-order valence-corrected chi connectivity index (χ0v) is 17.2. The van der Waals surface area contributed by atoms with Crippen molar-refractivity contribution in [2.45, 2.75) is 33.5 Å². The molecule has 7 heteroatoms. The highest BCUT2D eigenvalue weighted by atomic mass is 16.5. The SMILES string of the molecule is Cc1cc(C)c2nc3c(cc2c1)CN(Cc1nnnn1Cc1ccccc1)CCO3. The number of ether oxygens (including phenoxy) is 1. The Balaban J connectivity index is 1.39. The van der Waals surface area contributed by atoms with Gasteiger partial charge in [0.25, 0.3) is 0 Å². The molecule has 1 aliphatic heterocycles. The van der Waals surface area contributed by atoms with Gasteiger partial charge in [-0.15, -0.1) is 5.10 Å². The third kappa shape index (κ3) is 3.76. The summed E-state index contributed by atoms with van der Waals surface area (Å²) in [5, 5.41) is 13.5. The van der Waals surface area contributed by atoms with E-state index in [4.69, 9.17) is 9.72 Å². The Kier molecular flexibility index (Phi) is 4.88. The number of tetrazole rings is 1. The van der Waals surface area contributed by atoms with Crippen molar-refractivity contribution in [3.8, 4) is 5.88 Å². The number of fused-ring (bicyclic) bond motifs is 2. The smallest absolute Gasteiger partial charge is 0.218 e. The van der Waals surface area contributed by atoms with Crippen LogP contribution in [0.1, 0.15) is 28.1 Å². The molecule has 1 aliphatic rings. The van der Waals surface area contributed by atoms with E-state index in [1.54, 1.807) is 0 Å². The van der Waals surface area contributed by atoms with E-state index in [-0.39, 0.29) is 0 Å². The first kappa shape index (κ1) is 18.7. The molecular weight excluding hydrogens is 376 g/mol. The molecular formula is C23H24N6O. The van der Waals surface area contributed by atoms with Gasteiger partial charge in [-0.25, -0.2) is 9.67 Å². The first-order chi connectivity index (χ1) is 14.7. The topological polar surface area (TPSA) is 69.0 Å². The van der Waals surface area contributed by atoms with Crippen molar-refractivity contribution in [2.75, 3.05) is 13.2 Å². The summed E-state index contributed by atoms with van der Waals surface area (Å²) < 4.78 is 7.87. The second-order valence-electron chi connectivity index (χ2n) is 7.90. The highest BCUT2D eigenvalue weighted by molar-refractivity contribution is 5.84. The van der Waals surface area contributed by atoms with Crippen molar-refractivity contribution < 1.29 is 4.74 Å². The summed E-state index contributed by atoms with van der Waals surface area (Å²) in [5.74, 6) is 1.59. The fourth-order valence-corrected chi connectivity index (χ4v) is 4.06. The number of hydrogen-bond donors (Lipinski definition) is 0. The van der Waals surface area contributed by atoms with E-state index in [1.165, 1.54) is 16.7 Å². The third-order valence-corrected chi connectivity index (χ3v) is 5.48. The molecule has 4 aromatic rings. The highest BCUT2D eigenvalue weighted by Gasteiger charge is 2.20. The average molecular weight is 400 g/mol. The Morgan fingerprint density at radius 3 is 2.77 bits per heavy atom. The molecule has 0 fully saturated rings. The molecule has 2 aromatic heterocycles. The third-order valence-electron chi connectivity index (χ3n) is 5.48. The van der Waals surface area contributed by atoms with E-state index in [0.29, 0.717) is 19.7 Å². The van der Waals surface area contributed by atoms with Crippen molar-refractivity contribution >= 4 is 10.9 Å². The van der Waals surface area contributed by atoms with Crippen LogP contribution < -0.4 is 4.74 Å². The Labute approximate surface area is 175 Å². The quantitative estimate of drug-likeness (QED) is 0.524. The lowest BCUT2D eigenvalue weighted by atomic mass is 10.0. The fourth-order valence-electron chi connectivity index (χ4n) is 4.06. The lowest BCUT2D eigenvalue weighted by Crippen LogP contribution is -2.27. The van der Waals surface area contributed by atoms with Crippen molar-refractivity contribution in [3.05, 3.63) is 76.6 Å². The minimum absolute atomic E-state index is 0.594. The minimum atomic E-state index is 0.594. The summed E-state index contributed by atoms with van der Waals surface area (Å²) in [6.07, 6.45) is 0. The highest BCUT2D eigenvalue weighted by Crippen LogP contribution is 2.28.